The first-order valence-corrected chi connectivity index (χ1v) is 6.99. The topological polar surface area (TPSA) is 78.6 Å². The SMILES string of the molecule is O=[N+]([O-])c1ccc(CN(CCO)CC2CCCN2)cc1. The third-order valence-corrected chi connectivity index (χ3v) is 3.61. The Bertz CT molecular complexity index is 430. The van der Waals surface area contributed by atoms with Gasteiger partial charge in [0, 0.05) is 37.8 Å². The van der Waals surface area contributed by atoms with Crippen molar-refractivity contribution in [1.29, 1.82) is 0 Å². The number of aliphatic hydroxyl groups excluding tert-OH is 1. The normalized spacial score (nSPS) is 18.6. The molecule has 0 bridgehead atoms. The van der Waals surface area contributed by atoms with E-state index in [-0.39, 0.29) is 12.3 Å². The molecular weight excluding hydrogens is 258 g/mol. The molecule has 1 heterocycles. The molecule has 6 nitrogen and oxygen atoms in total. The Labute approximate surface area is 118 Å². The van der Waals surface area contributed by atoms with Crippen molar-refractivity contribution in [2.24, 2.45) is 0 Å². The summed E-state index contributed by atoms with van der Waals surface area (Å²) in [5.74, 6) is 0. The largest absolute Gasteiger partial charge is 0.395 e. The molecule has 20 heavy (non-hydrogen) atoms. The third kappa shape index (κ3) is 4.26. The van der Waals surface area contributed by atoms with Crippen LogP contribution in [0.1, 0.15) is 18.4 Å². The summed E-state index contributed by atoms with van der Waals surface area (Å²) in [5.41, 5.74) is 1.14. The average Bonchev–Trinajstić information content (AvgIpc) is 2.92. The predicted octanol–water partition coefficient (Wildman–Crippen LogP) is 1.14. The second-order valence-electron chi connectivity index (χ2n) is 5.18. The summed E-state index contributed by atoms with van der Waals surface area (Å²) in [6.07, 6.45) is 2.37. The number of nitro benzene ring substituents is 1. The fourth-order valence-electron chi connectivity index (χ4n) is 2.58. The van der Waals surface area contributed by atoms with Crippen LogP contribution >= 0.6 is 0 Å². The zero-order valence-electron chi connectivity index (χ0n) is 11.5. The van der Waals surface area contributed by atoms with Crippen molar-refractivity contribution in [3.8, 4) is 0 Å². The molecule has 1 saturated heterocycles. The highest BCUT2D eigenvalue weighted by Crippen LogP contribution is 2.14. The van der Waals surface area contributed by atoms with Crippen molar-refractivity contribution < 1.29 is 10.0 Å². The van der Waals surface area contributed by atoms with Crippen molar-refractivity contribution >= 4 is 5.69 Å². The summed E-state index contributed by atoms with van der Waals surface area (Å²) in [6.45, 7) is 3.41. The highest BCUT2D eigenvalue weighted by molar-refractivity contribution is 5.32. The molecule has 0 saturated carbocycles. The molecule has 1 aliphatic rings. The molecule has 1 fully saturated rings. The van der Waals surface area contributed by atoms with Gasteiger partial charge >= 0.3 is 0 Å². The maximum atomic E-state index is 10.6. The molecule has 0 aromatic heterocycles. The third-order valence-electron chi connectivity index (χ3n) is 3.61. The quantitative estimate of drug-likeness (QED) is 0.578. The summed E-state index contributed by atoms with van der Waals surface area (Å²) >= 11 is 0. The van der Waals surface area contributed by atoms with Crippen LogP contribution in [0.5, 0.6) is 0 Å². The van der Waals surface area contributed by atoms with Crippen LogP contribution in [0.2, 0.25) is 0 Å². The van der Waals surface area contributed by atoms with Gasteiger partial charge < -0.3 is 10.4 Å². The second kappa shape index (κ2) is 7.33. The monoisotopic (exact) mass is 279 g/mol. The fourth-order valence-corrected chi connectivity index (χ4v) is 2.58. The van der Waals surface area contributed by atoms with E-state index in [4.69, 9.17) is 5.11 Å². The van der Waals surface area contributed by atoms with E-state index in [9.17, 15) is 10.1 Å². The molecule has 2 N–H and O–H groups in total. The Balaban J connectivity index is 1.93. The summed E-state index contributed by atoms with van der Waals surface area (Å²) in [7, 11) is 0. The van der Waals surface area contributed by atoms with Crippen LogP contribution in [0.15, 0.2) is 24.3 Å². The first kappa shape index (κ1) is 14.9. The van der Waals surface area contributed by atoms with Crippen molar-refractivity contribution in [2.45, 2.75) is 25.4 Å². The first-order chi connectivity index (χ1) is 9.69. The molecule has 110 valence electrons. The van der Waals surface area contributed by atoms with Crippen LogP contribution in [0, 0.1) is 10.1 Å². The lowest BCUT2D eigenvalue weighted by molar-refractivity contribution is -0.384. The van der Waals surface area contributed by atoms with E-state index in [1.165, 1.54) is 25.0 Å². The standard InChI is InChI=1S/C14H21N3O3/c18-9-8-16(11-13-2-1-7-15-13)10-12-3-5-14(6-4-12)17(19)20/h3-6,13,15,18H,1-2,7-11H2. The van der Waals surface area contributed by atoms with Gasteiger partial charge in [0.2, 0.25) is 0 Å². The van der Waals surface area contributed by atoms with Gasteiger partial charge in [0.15, 0.2) is 0 Å². The van der Waals surface area contributed by atoms with E-state index in [0.717, 1.165) is 18.7 Å². The van der Waals surface area contributed by atoms with E-state index >= 15 is 0 Å². The molecule has 6 heteroatoms. The van der Waals surface area contributed by atoms with Crippen LogP contribution in [-0.4, -0.2) is 47.2 Å². The van der Waals surface area contributed by atoms with Gasteiger partial charge in [0.25, 0.3) is 5.69 Å². The minimum Gasteiger partial charge on any atom is -0.395 e. The van der Waals surface area contributed by atoms with Crippen LogP contribution in [0.3, 0.4) is 0 Å². The van der Waals surface area contributed by atoms with Gasteiger partial charge in [-0.15, -0.1) is 0 Å². The van der Waals surface area contributed by atoms with Gasteiger partial charge in [-0.05, 0) is 24.9 Å². The molecule has 1 aromatic carbocycles. The van der Waals surface area contributed by atoms with Gasteiger partial charge in [-0.2, -0.15) is 0 Å². The number of rotatable bonds is 7. The van der Waals surface area contributed by atoms with Crippen molar-refractivity contribution in [3.05, 3.63) is 39.9 Å². The molecule has 0 radical (unpaired) electrons. The van der Waals surface area contributed by atoms with Crippen molar-refractivity contribution in [1.82, 2.24) is 10.2 Å². The number of non-ortho nitro benzene ring substituents is 1. The van der Waals surface area contributed by atoms with E-state index in [2.05, 4.69) is 10.2 Å². The molecular formula is C14H21N3O3. The lowest BCUT2D eigenvalue weighted by atomic mass is 10.1. The fraction of sp³-hybridized carbons (Fsp3) is 0.571. The summed E-state index contributed by atoms with van der Waals surface area (Å²) in [6, 6.07) is 7.11. The number of aliphatic hydroxyl groups is 1. The minimum atomic E-state index is -0.391. The van der Waals surface area contributed by atoms with Gasteiger partial charge in [-0.25, -0.2) is 0 Å². The Hall–Kier alpha value is -1.50. The number of hydrogen-bond acceptors (Lipinski definition) is 5. The van der Waals surface area contributed by atoms with Crippen molar-refractivity contribution in [3.63, 3.8) is 0 Å². The molecule has 1 unspecified atom stereocenters. The van der Waals surface area contributed by atoms with Crippen LogP contribution in [-0.2, 0) is 6.54 Å². The maximum absolute atomic E-state index is 10.6. The Kier molecular flexibility index (Phi) is 5.46. The molecule has 1 aromatic rings. The predicted molar refractivity (Wildman–Crippen MR) is 76.5 cm³/mol. The summed E-state index contributed by atoms with van der Waals surface area (Å²) in [4.78, 5) is 12.4. The lowest BCUT2D eigenvalue weighted by Crippen LogP contribution is -2.38. The average molecular weight is 279 g/mol. The maximum Gasteiger partial charge on any atom is 0.269 e. The summed E-state index contributed by atoms with van der Waals surface area (Å²) < 4.78 is 0. The lowest BCUT2D eigenvalue weighted by Gasteiger charge is -2.24. The summed E-state index contributed by atoms with van der Waals surface area (Å²) in [5, 5.41) is 23.2. The highest BCUT2D eigenvalue weighted by Gasteiger charge is 2.18. The molecule has 1 atom stereocenters. The van der Waals surface area contributed by atoms with Gasteiger partial charge in [0.1, 0.15) is 0 Å². The van der Waals surface area contributed by atoms with Gasteiger partial charge in [0.05, 0.1) is 11.5 Å². The number of nitrogens with one attached hydrogen (secondary N) is 1. The van der Waals surface area contributed by atoms with E-state index in [1.54, 1.807) is 12.1 Å². The highest BCUT2D eigenvalue weighted by atomic mass is 16.6. The number of benzene rings is 1. The van der Waals surface area contributed by atoms with Crippen molar-refractivity contribution in [2.75, 3.05) is 26.2 Å². The molecule has 0 amide bonds. The van der Waals surface area contributed by atoms with Crippen LogP contribution in [0.4, 0.5) is 5.69 Å². The van der Waals surface area contributed by atoms with Gasteiger partial charge in [-0.1, -0.05) is 12.1 Å². The van der Waals surface area contributed by atoms with E-state index in [1.807, 2.05) is 0 Å². The molecule has 2 rings (SSSR count). The van der Waals surface area contributed by atoms with Crippen LogP contribution < -0.4 is 5.32 Å². The molecule has 0 spiro atoms. The zero-order chi connectivity index (χ0) is 14.4. The Morgan fingerprint density at radius 2 is 2.15 bits per heavy atom. The number of nitro groups is 1. The zero-order valence-corrected chi connectivity index (χ0v) is 11.5. The number of nitrogens with zero attached hydrogens (tertiary/aromatic N) is 2. The minimum absolute atomic E-state index is 0.111. The molecule has 1 aliphatic heterocycles. The molecule has 0 aliphatic carbocycles. The Morgan fingerprint density at radius 1 is 1.40 bits per heavy atom. The number of hydrogen-bond donors (Lipinski definition) is 2. The Morgan fingerprint density at radius 3 is 2.70 bits per heavy atom. The first-order valence-electron chi connectivity index (χ1n) is 6.99. The van der Waals surface area contributed by atoms with E-state index in [0.29, 0.717) is 19.1 Å². The van der Waals surface area contributed by atoms with E-state index < -0.39 is 4.92 Å². The van der Waals surface area contributed by atoms with Gasteiger partial charge in [-0.3, -0.25) is 15.0 Å². The van der Waals surface area contributed by atoms with Crippen LogP contribution in [0.25, 0.3) is 0 Å². The second-order valence-corrected chi connectivity index (χ2v) is 5.18. The smallest absolute Gasteiger partial charge is 0.269 e.